The molecule has 14 aromatic rings. The summed E-state index contributed by atoms with van der Waals surface area (Å²) in [7, 11) is 0. The highest BCUT2D eigenvalue weighted by molar-refractivity contribution is 6.22. The monoisotopic (exact) mass is 941 g/mol. The van der Waals surface area contributed by atoms with Crippen molar-refractivity contribution in [1.29, 1.82) is 0 Å². The lowest BCUT2D eigenvalue weighted by Gasteiger charge is -2.26. The Hall–Kier alpha value is -9.76. The molecule has 0 aliphatic carbocycles. The molecule has 1 heterocycles. The fourth-order valence-corrected chi connectivity index (χ4v) is 11.3. The number of nitrogens with zero attached hydrogens (tertiary/aromatic N) is 1. The Bertz CT molecular complexity index is 4360. The van der Waals surface area contributed by atoms with Crippen molar-refractivity contribution in [3.05, 3.63) is 285 Å². The van der Waals surface area contributed by atoms with E-state index in [9.17, 15) is 0 Å². The topological polar surface area (TPSA) is 16.4 Å². The molecule has 0 spiro atoms. The highest BCUT2D eigenvalue weighted by atomic mass is 16.3. The van der Waals surface area contributed by atoms with Gasteiger partial charge in [-0.2, -0.15) is 0 Å². The average molecular weight is 942 g/mol. The molecule has 0 aliphatic rings. The first-order valence-corrected chi connectivity index (χ1v) is 25.4. The summed E-state index contributed by atoms with van der Waals surface area (Å²) in [6, 6.07) is 103. The highest BCUT2D eigenvalue weighted by Gasteiger charge is 2.20. The predicted molar refractivity (Wildman–Crippen MR) is 314 cm³/mol. The number of anilines is 3. The summed E-state index contributed by atoms with van der Waals surface area (Å²) < 4.78 is 6.48. The molecule has 2 heteroatoms. The summed E-state index contributed by atoms with van der Waals surface area (Å²) in [4.78, 5) is 2.36. The van der Waals surface area contributed by atoms with Crippen molar-refractivity contribution >= 4 is 71.3 Å². The Morgan fingerprint density at radius 2 is 0.649 bits per heavy atom. The third-order valence-corrected chi connectivity index (χ3v) is 14.9. The van der Waals surface area contributed by atoms with Gasteiger partial charge >= 0.3 is 0 Å². The van der Waals surface area contributed by atoms with Crippen LogP contribution in [-0.4, -0.2) is 0 Å². The van der Waals surface area contributed by atoms with E-state index in [1.165, 1.54) is 76.8 Å². The molecule has 14 rings (SSSR count). The molecule has 2 nitrogen and oxygen atoms in total. The van der Waals surface area contributed by atoms with Gasteiger partial charge in [0.2, 0.25) is 0 Å². The van der Waals surface area contributed by atoms with Crippen LogP contribution in [0, 0.1) is 0 Å². The van der Waals surface area contributed by atoms with Gasteiger partial charge in [0.25, 0.3) is 0 Å². The van der Waals surface area contributed by atoms with Gasteiger partial charge in [0, 0.05) is 33.4 Å². The van der Waals surface area contributed by atoms with Crippen molar-refractivity contribution in [1.82, 2.24) is 0 Å². The number of hydrogen-bond acceptors (Lipinski definition) is 2. The first-order chi connectivity index (χ1) is 36.7. The maximum atomic E-state index is 6.48. The number of para-hydroxylation sites is 2. The van der Waals surface area contributed by atoms with Crippen LogP contribution in [0.3, 0.4) is 0 Å². The third kappa shape index (κ3) is 7.52. The zero-order valence-corrected chi connectivity index (χ0v) is 40.5. The van der Waals surface area contributed by atoms with Crippen molar-refractivity contribution < 1.29 is 4.42 Å². The van der Waals surface area contributed by atoms with Gasteiger partial charge < -0.3 is 9.32 Å². The summed E-state index contributed by atoms with van der Waals surface area (Å²) in [5.74, 6) is 0. The van der Waals surface area contributed by atoms with Gasteiger partial charge in [0.15, 0.2) is 0 Å². The lowest BCUT2D eigenvalue weighted by atomic mass is 9.84. The highest BCUT2D eigenvalue weighted by Crippen LogP contribution is 2.46. The lowest BCUT2D eigenvalue weighted by Crippen LogP contribution is -2.09. The summed E-state index contributed by atoms with van der Waals surface area (Å²) in [5.41, 5.74) is 19.2. The molecule has 346 valence electrons. The van der Waals surface area contributed by atoms with Gasteiger partial charge in [0.05, 0.1) is 0 Å². The molecule has 0 fully saturated rings. The summed E-state index contributed by atoms with van der Waals surface area (Å²) in [5, 5.41) is 9.76. The van der Waals surface area contributed by atoms with E-state index in [-0.39, 0.29) is 0 Å². The summed E-state index contributed by atoms with van der Waals surface area (Å²) in [6.45, 7) is 0. The maximum Gasteiger partial charge on any atom is 0.143 e. The van der Waals surface area contributed by atoms with Crippen LogP contribution in [0.2, 0.25) is 0 Å². The number of furan rings is 1. The van der Waals surface area contributed by atoms with Gasteiger partial charge in [0.1, 0.15) is 11.2 Å². The Balaban J connectivity index is 0.856. The minimum Gasteiger partial charge on any atom is -0.455 e. The van der Waals surface area contributed by atoms with Crippen LogP contribution in [0.15, 0.2) is 290 Å². The largest absolute Gasteiger partial charge is 0.455 e. The minimum absolute atomic E-state index is 0.899. The molecular weight excluding hydrogens is 895 g/mol. The number of fused-ring (bicyclic) bond motifs is 7. The molecule has 13 aromatic carbocycles. The maximum absolute atomic E-state index is 6.48. The van der Waals surface area contributed by atoms with Gasteiger partial charge in [-0.1, -0.05) is 237 Å². The van der Waals surface area contributed by atoms with Crippen molar-refractivity contribution in [3.8, 4) is 66.8 Å². The second-order valence-corrected chi connectivity index (χ2v) is 19.1. The molecule has 74 heavy (non-hydrogen) atoms. The van der Waals surface area contributed by atoms with Gasteiger partial charge in [-0.3, -0.25) is 0 Å². The average Bonchev–Trinajstić information content (AvgIpc) is 3.87. The fraction of sp³-hybridized carbons (Fsp3) is 0. The van der Waals surface area contributed by atoms with Gasteiger partial charge in [-0.25, -0.2) is 0 Å². The zero-order chi connectivity index (χ0) is 49.0. The van der Waals surface area contributed by atoms with E-state index >= 15 is 0 Å². The van der Waals surface area contributed by atoms with Crippen LogP contribution in [0.1, 0.15) is 0 Å². The number of benzene rings is 13. The second kappa shape index (κ2) is 18.1. The van der Waals surface area contributed by atoms with Crippen LogP contribution < -0.4 is 4.90 Å². The van der Waals surface area contributed by atoms with Crippen LogP contribution in [0.5, 0.6) is 0 Å². The molecule has 0 N–H and O–H groups in total. The Morgan fingerprint density at radius 1 is 0.230 bits per heavy atom. The molecule has 0 amide bonds. The van der Waals surface area contributed by atoms with Crippen molar-refractivity contribution in [2.45, 2.75) is 0 Å². The summed E-state index contributed by atoms with van der Waals surface area (Å²) in [6.07, 6.45) is 0. The first-order valence-electron chi connectivity index (χ1n) is 25.4. The van der Waals surface area contributed by atoms with Crippen molar-refractivity contribution in [2.75, 3.05) is 4.90 Å². The molecule has 1 aromatic heterocycles. The minimum atomic E-state index is 0.899. The molecule has 0 atom stereocenters. The predicted octanol–water partition coefficient (Wildman–Crippen LogP) is 20.5. The van der Waals surface area contributed by atoms with E-state index in [0.717, 1.165) is 61.3 Å². The Labute approximate surface area is 430 Å². The van der Waals surface area contributed by atoms with Crippen molar-refractivity contribution in [2.24, 2.45) is 0 Å². The molecule has 0 bridgehead atoms. The quantitative estimate of drug-likeness (QED) is 0.134. The van der Waals surface area contributed by atoms with E-state index in [0.29, 0.717) is 0 Å². The smallest absolute Gasteiger partial charge is 0.143 e. The van der Waals surface area contributed by atoms with Crippen LogP contribution in [-0.2, 0) is 0 Å². The fourth-order valence-electron chi connectivity index (χ4n) is 11.3. The Kier molecular flexibility index (Phi) is 10.6. The molecule has 0 unspecified atom stereocenters. The van der Waals surface area contributed by atoms with E-state index < -0.39 is 0 Å². The van der Waals surface area contributed by atoms with Crippen molar-refractivity contribution in [3.63, 3.8) is 0 Å². The summed E-state index contributed by atoms with van der Waals surface area (Å²) >= 11 is 0. The second-order valence-electron chi connectivity index (χ2n) is 19.1. The Morgan fingerprint density at radius 3 is 1.31 bits per heavy atom. The standard InChI is InChI=1S/C72H47NO/c1-3-16-54(17-4-1)70-66-24-10-9-22-63(66)64-46-39-56(47-68(64)71(70)55-18-5-2-6-19-55)50-35-42-58(43-36-50)73(59-44-37-53(38-45-59)62-26-14-27-67-65-23-11-12-28-69(65)74-72(62)67)57-40-33-49(34-41-57)48-29-31-52(32-30-48)61-25-13-20-51-15-7-8-21-60(51)61/h1-47H. The molecule has 0 aliphatic heterocycles. The van der Waals surface area contributed by atoms with Gasteiger partial charge in [-0.05, 0) is 142 Å². The number of rotatable bonds is 9. The van der Waals surface area contributed by atoms with E-state index in [4.69, 9.17) is 4.42 Å². The molecular formula is C72H47NO. The normalized spacial score (nSPS) is 11.5. The lowest BCUT2D eigenvalue weighted by molar-refractivity contribution is 0.670. The zero-order valence-electron chi connectivity index (χ0n) is 40.5. The molecule has 0 radical (unpaired) electrons. The van der Waals surface area contributed by atoms with E-state index in [2.05, 4.69) is 278 Å². The van der Waals surface area contributed by atoms with Crippen LogP contribution >= 0.6 is 0 Å². The van der Waals surface area contributed by atoms with Crippen LogP contribution in [0.25, 0.3) is 121 Å². The molecule has 0 saturated heterocycles. The van der Waals surface area contributed by atoms with E-state index in [1.54, 1.807) is 0 Å². The number of hydrogen-bond donors (Lipinski definition) is 0. The molecule has 0 saturated carbocycles. The first kappa shape index (κ1) is 43.1. The van der Waals surface area contributed by atoms with Crippen LogP contribution in [0.4, 0.5) is 17.1 Å². The van der Waals surface area contributed by atoms with E-state index in [1.807, 2.05) is 12.1 Å². The van der Waals surface area contributed by atoms with Gasteiger partial charge in [-0.15, -0.1) is 0 Å². The SMILES string of the molecule is c1ccc(-c2c(-c3ccccc3)c3cc(-c4ccc(N(c5ccc(-c6ccc(-c7cccc8ccccc78)cc6)cc5)c5ccc(-c6cccc7c6oc6ccccc67)cc5)cc4)ccc3c3ccccc23)cc1. The third-order valence-electron chi connectivity index (χ3n) is 14.9.